The molecule has 0 saturated heterocycles. The fourth-order valence-corrected chi connectivity index (χ4v) is 2.95. The molecule has 132 valence electrons. The number of amides is 1. The van der Waals surface area contributed by atoms with Crippen molar-refractivity contribution in [2.24, 2.45) is 14.1 Å². The molecule has 0 unspecified atom stereocenters. The highest BCUT2D eigenvalue weighted by atomic mass is 32.2. The molecule has 3 N–H and O–H groups in total. The van der Waals surface area contributed by atoms with Gasteiger partial charge in [0.1, 0.15) is 11.4 Å². The molecule has 0 saturated carbocycles. The summed E-state index contributed by atoms with van der Waals surface area (Å²) in [6, 6.07) is 6.94. The average Bonchev–Trinajstić information content (AvgIpc) is 2.57. The van der Waals surface area contributed by atoms with Crippen molar-refractivity contribution in [3.8, 4) is 0 Å². The SMILES string of the molecule is CC(=O)Nc1ccc(SCC(=O)c2c(N)n(C)c(=O)n(C)c2=O)cc1. The molecular weight excluding hydrogens is 344 g/mol. The normalized spacial score (nSPS) is 10.5. The molecule has 0 atom stereocenters. The van der Waals surface area contributed by atoms with E-state index < -0.39 is 17.0 Å². The van der Waals surface area contributed by atoms with Crippen LogP contribution in [-0.4, -0.2) is 26.6 Å². The quantitative estimate of drug-likeness (QED) is 0.594. The number of nitrogen functional groups attached to an aromatic ring is 1. The van der Waals surface area contributed by atoms with Crippen LogP contribution >= 0.6 is 11.8 Å². The second kappa shape index (κ2) is 7.39. The Balaban J connectivity index is 2.17. The monoisotopic (exact) mass is 362 g/mol. The maximum atomic E-state index is 12.4. The number of hydrogen-bond donors (Lipinski definition) is 2. The second-order valence-corrected chi connectivity index (χ2v) is 6.43. The molecule has 0 aliphatic carbocycles. The molecule has 0 spiro atoms. The third-order valence-electron chi connectivity index (χ3n) is 3.53. The molecule has 0 radical (unpaired) electrons. The number of nitrogens with one attached hydrogen (secondary N) is 1. The van der Waals surface area contributed by atoms with Crippen LogP contribution in [0.15, 0.2) is 38.8 Å². The smallest absolute Gasteiger partial charge is 0.332 e. The summed E-state index contributed by atoms with van der Waals surface area (Å²) in [5, 5.41) is 2.65. The zero-order valence-electron chi connectivity index (χ0n) is 14.0. The summed E-state index contributed by atoms with van der Waals surface area (Å²) in [4.78, 5) is 48.1. The zero-order valence-corrected chi connectivity index (χ0v) is 14.8. The highest BCUT2D eigenvalue weighted by Crippen LogP contribution is 2.21. The summed E-state index contributed by atoms with van der Waals surface area (Å²) in [6.45, 7) is 1.42. The van der Waals surface area contributed by atoms with Crippen molar-refractivity contribution in [2.45, 2.75) is 11.8 Å². The van der Waals surface area contributed by atoms with Gasteiger partial charge in [-0.05, 0) is 24.3 Å². The maximum Gasteiger partial charge on any atom is 0.332 e. The number of Topliss-reactive ketones (excluding diaryl/α,β-unsaturated/α-hetero) is 1. The Morgan fingerprint density at radius 3 is 2.28 bits per heavy atom. The number of benzene rings is 1. The van der Waals surface area contributed by atoms with E-state index >= 15 is 0 Å². The number of anilines is 2. The van der Waals surface area contributed by atoms with Crippen molar-refractivity contribution in [3.63, 3.8) is 0 Å². The minimum absolute atomic E-state index is 0.00285. The van der Waals surface area contributed by atoms with Gasteiger partial charge in [-0.2, -0.15) is 0 Å². The lowest BCUT2D eigenvalue weighted by Gasteiger charge is -2.10. The van der Waals surface area contributed by atoms with Crippen LogP contribution in [0.4, 0.5) is 11.5 Å². The van der Waals surface area contributed by atoms with Crippen LogP contribution in [0.1, 0.15) is 17.3 Å². The van der Waals surface area contributed by atoms with E-state index in [1.165, 1.54) is 32.8 Å². The van der Waals surface area contributed by atoms with Gasteiger partial charge in [-0.1, -0.05) is 0 Å². The highest BCUT2D eigenvalue weighted by Gasteiger charge is 2.20. The van der Waals surface area contributed by atoms with E-state index in [0.717, 1.165) is 14.0 Å². The van der Waals surface area contributed by atoms with Gasteiger partial charge in [-0.15, -0.1) is 11.8 Å². The zero-order chi connectivity index (χ0) is 18.7. The minimum Gasteiger partial charge on any atom is -0.384 e. The Morgan fingerprint density at radius 2 is 1.72 bits per heavy atom. The van der Waals surface area contributed by atoms with Crippen LogP contribution in [0.3, 0.4) is 0 Å². The summed E-state index contributed by atoms with van der Waals surface area (Å²) < 4.78 is 1.93. The molecule has 1 amide bonds. The number of nitrogens with zero attached hydrogens (tertiary/aromatic N) is 2. The molecule has 25 heavy (non-hydrogen) atoms. The van der Waals surface area contributed by atoms with Crippen LogP contribution in [-0.2, 0) is 18.9 Å². The summed E-state index contributed by atoms with van der Waals surface area (Å²) in [6.07, 6.45) is 0. The number of rotatable bonds is 5. The Labute approximate surface area is 147 Å². The number of ketones is 1. The van der Waals surface area contributed by atoms with Gasteiger partial charge >= 0.3 is 5.69 Å². The molecule has 1 aromatic heterocycles. The first-order valence-corrected chi connectivity index (χ1v) is 8.30. The number of aromatic nitrogens is 2. The van der Waals surface area contributed by atoms with E-state index in [1.807, 2.05) is 0 Å². The van der Waals surface area contributed by atoms with Gasteiger partial charge in [0.05, 0.1) is 5.75 Å². The minimum atomic E-state index is -0.702. The third kappa shape index (κ3) is 4.00. The lowest BCUT2D eigenvalue weighted by Crippen LogP contribution is -2.41. The van der Waals surface area contributed by atoms with Crippen molar-refractivity contribution in [3.05, 3.63) is 50.7 Å². The van der Waals surface area contributed by atoms with Crippen LogP contribution in [0.25, 0.3) is 0 Å². The fourth-order valence-electron chi connectivity index (χ4n) is 2.18. The highest BCUT2D eigenvalue weighted by molar-refractivity contribution is 8.00. The molecule has 1 aromatic carbocycles. The molecule has 9 heteroatoms. The first-order chi connectivity index (χ1) is 11.7. The number of thioether (sulfide) groups is 1. The third-order valence-corrected chi connectivity index (χ3v) is 4.55. The van der Waals surface area contributed by atoms with Crippen molar-refractivity contribution in [1.29, 1.82) is 0 Å². The lowest BCUT2D eigenvalue weighted by atomic mass is 10.2. The van der Waals surface area contributed by atoms with Crippen LogP contribution in [0, 0.1) is 0 Å². The van der Waals surface area contributed by atoms with Crippen molar-refractivity contribution in [2.75, 3.05) is 16.8 Å². The number of hydrogen-bond acceptors (Lipinski definition) is 6. The van der Waals surface area contributed by atoms with Crippen molar-refractivity contribution in [1.82, 2.24) is 9.13 Å². The fraction of sp³-hybridized carbons (Fsp3) is 0.250. The van der Waals surface area contributed by atoms with Gasteiger partial charge in [-0.25, -0.2) is 4.79 Å². The number of carbonyl (C=O) groups excluding carboxylic acids is 2. The van der Waals surface area contributed by atoms with Gasteiger partial charge in [0.15, 0.2) is 5.78 Å². The van der Waals surface area contributed by atoms with Gasteiger partial charge in [0, 0.05) is 31.6 Å². The number of carbonyl (C=O) groups is 2. The Hall–Kier alpha value is -2.81. The molecule has 8 nitrogen and oxygen atoms in total. The van der Waals surface area contributed by atoms with E-state index in [-0.39, 0.29) is 23.0 Å². The van der Waals surface area contributed by atoms with E-state index in [1.54, 1.807) is 24.3 Å². The van der Waals surface area contributed by atoms with Crippen LogP contribution in [0.2, 0.25) is 0 Å². The maximum absolute atomic E-state index is 12.4. The van der Waals surface area contributed by atoms with Crippen LogP contribution in [0.5, 0.6) is 0 Å². The average molecular weight is 362 g/mol. The topological polar surface area (TPSA) is 116 Å². The Bertz CT molecular complexity index is 944. The largest absolute Gasteiger partial charge is 0.384 e. The predicted octanol–water partition coefficient (Wildman–Crippen LogP) is 0.600. The van der Waals surface area contributed by atoms with E-state index in [0.29, 0.717) is 5.69 Å². The molecule has 2 aromatic rings. The van der Waals surface area contributed by atoms with Crippen LogP contribution < -0.4 is 22.3 Å². The van der Waals surface area contributed by atoms with E-state index in [2.05, 4.69) is 5.32 Å². The Morgan fingerprint density at radius 1 is 1.12 bits per heavy atom. The standard InChI is InChI=1S/C16H18N4O4S/c1-9(21)18-10-4-6-11(7-5-10)25-8-12(22)13-14(17)19(2)16(24)20(3)15(13)23/h4-7H,8,17H2,1-3H3,(H,18,21). The molecule has 0 fully saturated rings. The summed E-state index contributed by atoms with van der Waals surface area (Å²) in [5.74, 6) is -0.766. The van der Waals surface area contributed by atoms with E-state index in [9.17, 15) is 19.2 Å². The lowest BCUT2D eigenvalue weighted by molar-refractivity contribution is -0.114. The summed E-state index contributed by atoms with van der Waals surface area (Å²) in [5.41, 5.74) is 4.95. The van der Waals surface area contributed by atoms with Crippen molar-refractivity contribution < 1.29 is 9.59 Å². The van der Waals surface area contributed by atoms with Gasteiger partial charge in [-0.3, -0.25) is 23.5 Å². The van der Waals surface area contributed by atoms with Crippen molar-refractivity contribution >= 4 is 35.0 Å². The molecule has 1 heterocycles. The Kier molecular flexibility index (Phi) is 5.48. The molecular formula is C16H18N4O4S. The van der Waals surface area contributed by atoms with Gasteiger partial charge < -0.3 is 11.1 Å². The first kappa shape index (κ1) is 18.5. The summed E-state index contributed by atoms with van der Waals surface area (Å²) in [7, 11) is 2.70. The van der Waals surface area contributed by atoms with Gasteiger partial charge in [0.25, 0.3) is 5.56 Å². The first-order valence-electron chi connectivity index (χ1n) is 7.31. The molecule has 0 aliphatic heterocycles. The summed E-state index contributed by atoms with van der Waals surface area (Å²) >= 11 is 1.23. The molecule has 0 bridgehead atoms. The second-order valence-electron chi connectivity index (χ2n) is 5.38. The predicted molar refractivity (Wildman–Crippen MR) is 97.1 cm³/mol. The molecule has 0 aliphatic rings. The van der Waals surface area contributed by atoms with Gasteiger partial charge in [0.2, 0.25) is 5.91 Å². The molecule has 2 rings (SSSR count). The van der Waals surface area contributed by atoms with E-state index in [4.69, 9.17) is 5.73 Å². The number of nitrogens with two attached hydrogens (primary N) is 1.